The zero-order valence-corrected chi connectivity index (χ0v) is 19.7. The Balaban J connectivity index is 0.00000280. The zero-order valence-electron chi connectivity index (χ0n) is 15.7. The van der Waals surface area contributed by atoms with Crippen molar-refractivity contribution in [2.24, 2.45) is 10.7 Å². The number of halogens is 1. The van der Waals surface area contributed by atoms with Gasteiger partial charge in [0.15, 0.2) is 5.96 Å². The number of hydrogen-bond acceptors (Lipinski definition) is 4. The molecular formula is C19H27IN4O2S2. The van der Waals surface area contributed by atoms with E-state index in [1.54, 1.807) is 33.8 Å². The first kappa shape index (κ1) is 23.1. The molecule has 1 fully saturated rings. The van der Waals surface area contributed by atoms with E-state index in [1.165, 1.54) is 4.88 Å². The summed E-state index contributed by atoms with van der Waals surface area (Å²) in [7, 11) is -3.42. The molecule has 1 saturated heterocycles. The van der Waals surface area contributed by atoms with Crippen LogP contribution in [0.15, 0.2) is 51.7 Å². The van der Waals surface area contributed by atoms with Gasteiger partial charge in [-0.3, -0.25) is 0 Å². The molecule has 1 aliphatic rings. The summed E-state index contributed by atoms with van der Waals surface area (Å²) >= 11 is 1.72. The van der Waals surface area contributed by atoms with Gasteiger partial charge < -0.3 is 11.1 Å². The number of hydrogen-bond donors (Lipinski definition) is 2. The Morgan fingerprint density at radius 3 is 2.68 bits per heavy atom. The van der Waals surface area contributed by atoms with Crippen LogP contribution in [0.3, 0.4) is 0 Å². The lowest BCUT2D eigenvalue weighted by Crippen LogP contribution is -2.35. The number of guanidine groups is 1. The highest BCUT2D eigenvalue weighted by molar-refractivity contribution is 14.0. The summed E-state index contributed by atoms with van der Waals surface area (Å²) in [4.78, 5) is 5.96. The van der Waals surface area contributed by atoms with Crippen LogP contribution in [0.4, 0.5) is 0 Å². The molecule has 9 heteroatoms. The molecule has 1 aromatic heterocycles. The number of nitrogens with zero attached hydrogens (tertiary/aromatic N) is 2. The predicted octanol–water partition coefficient (Wildman–Crippen LogP) is 3.19. The molecule has 0 radical (unpaired) electrons. The first-order valence-electron chi connectivity index (χ1n) is 9.21. The molecule has 6 nitrogen and oxygen atoms in total. The molecule has 0 aliphatic carbocycles. The highest BCUT2D eigenvalue weighted by Crippen LogP contribution is 2.21. The number of piperidine rings is 1. The Morgan fingerprint density at radius 2 is 1.96 bits per heavy atom. The van der Waals surface area contributed by atoms with Gasteiger partial charge >= 0.3 is 0 Å². The lowest BCUT2D eigenvalue weighted by atomic mass is 10.2. The fourth-order valence-corrected chi connectivity index (χ4v) is 5.36. The molecule has 0 spiro atoms. The van der Waals surface area contributed by atoms with E-state index in [2.05, 4.69) is 21.8 Å². The topological polar surface area (TPSA) is 87.8 Å². The highest BCUT2D eigenvalue weighted by atomic mass is 127. The number of rotatable bonds is 7. The molecule has 1 aromatic carbocycles. The first-order valence-corrected chi connectivity index (χ1v) is 11.5. The predicted molar refractivity (Wildman–Crippen MR) is 126 cm³/mol. The zero-order chi connectivity index (χ0) is 19.1. The van der Waals surface area contributed by atoms with Gasteiger partial charge in [-0.2, -0.15) is 4.31 Å². The molecule has 0 amide bonds. The molecule has 2 aromatic rings. The van der Waals surface area contributed by atoms with E-state index >= 15 is 0 Å². The van der Waals surface area contributed by atoms with Crippen molar-refractivity contribution in [2.45, 2.75) is 37.1 Å². The Labute approximate surface area is 188 Å². The number of nitrogens with one attached hydrogen (secondary N) is 1. The summed E-state index contributed by atoms with van der Waals surface area (Å²) in [6.07, 6.45) is 3.85. The van der Waals surface area contributed by atoms with E-state index in [0.717, 1.165) is 37.8 Å². The van der Waals surface area contributed by atoms with Gasteiger partial charge in [-0.25, -0.2) is 13.4 Å². The number of aliphatic imine (C=N–C) groups is 1. The third kappa shape index (κ3) is 6.43. The average Bonchev–Trinajstić information content (AvgIpc) is 3.21. The van der Waals surface area contributed by atoms with Crippen LogP contribution in [0, 0.1) is 0 Å². The minimum absolute atomic E-state index is 0. The Bertz CT molecular complexity index is 864. The lowest BCUT2D eigenvalue weighted by molar-refractivity contribution is 0.346. The van der Waals surface area contributed by atoms with Crippen molar-refractivity contribution in [3.63, 3.8) is 0 Å². The van der Waals surface area contributed by atoms with Gasteiger partial charge in [0.25, 0.3) is 0 Å². The Hall–Kier alpha value is -1.17. The quantitative estimate of drug-likeness (QED) is 0.325. The maximum absolute atomic E-state index is 12.8. The largest absolute Gasteiger partial charge is 0.370 e. The van der Waals surface area contributed by atoms with Crippen LogP contribution >= 0.6 is 35.3 Å². The minimum atomic E-state index is -3.42. The van der Waals surface area contributed by atoms with Gasteiger partial charge in [-0.15, -0.1) is 35.3 Å². The third-order valence-electron chi connectivity index (χ3n) is 4.54. The second kappa shape index (κ2) is 11.1. The summed E-state index contributed by atoms with van der Waals surface area (Å²) in [5, 5.41) is 5.15. The van der Waals surface area contributed by atoms with Crippen LogP contribution < -0.4 is 11.1 Å². The first-order chi connectivity index (χ1) is 13.1. The van der Waals surface area contributed by atoms with E-state index in [-0.39, 0.29) is 24.0 Å². The smallest absolute Gasteiger partial charge is 0.243 e. The number of benzene rings is 1. The number of thiophene rings is 1. The second-order valence-electron chi connectivity index (χ2n) is 6.57. The van der Waals surface area contributed by atoms with E-state index < -0.39 is 10.0 Å². The normalized spacial score (nSPS) is 15.8. The molecule has 1 aliphatic heterocycles. The van der Waals surface area contributed by atoms with Gasteiger partial charge in [-0.1, -0.05) is 24.6 Å². The second-order valence-corrected chi connectivity index (χ2v) is 9.54. The van der Waals surface area contributed by atoms with Gasteiger partial charge in [0.1, 0.15) is 0 Å². The SMILES string of the molecule is I.NC(=NCc1cccc(S(=O)(=O)N2CCCCC2)c1)NCCc1cccs1. The van der Waals surface area contributed by atoms with Crippen molar-refractivity contribution < 1.29 is 8.42 Å². The van der Waals surface area contributed by atoms with Crippen molar-refractivity contribution in [3.05, 3.63) is 52.2 Å². The minimum Gasteiger partial charge on any atom is -0.370 e. The summed E-state index contributed by atoms with van der Waals surface area (Å²) < 4.78 is 27.2. The molecule has 28 heavy (non-hydrogen) atoms. The summed E-state index contributed by atoms with van der Waals surface area (Å²) in [6, 6.07) is 11.1. The van der Waals surface area contributed by atoms with E-state index in [4.69, 9.17) is 5.73 Å². The van der Waals surface area contributed by atoms with Gasteiger partial charge in [0, 0.05) is 24.5 Å². The van der Waals surface area contributed by atoms with Crippen molar-refractivity contribution in [2.75, 3.05) is 19.6 Å². The van der Waals surface area contributed by atoms with E-state index in [9.17, 15) is 8.42 Å². The van der Waals surface area contributed by atoms with Crippen molar-refractivity contribution in [1.29, 1.82) is 0 Å². The van der Waals surface area contributed by atoms with Crippen LogP contribution in [0.1, 0.15) is 29.7 Å². The third-order valence-corrected chi connectivity index (χ3v) is 7.37. The summed E-state index contributed by atoms with van der Waals surface area (Å²) in [5.74, 6) is 0.371. The Kier molecular flexibility index (Phi) is 9.19. The molecule has 154 valence electrons. The maximum atomic E-state index is 12.8. The van der Waals surface area contributed by atoms with Gasteiger partial charge in [0.05, 0.1) is 11.4 Å². The van der Waals surface area contributed by atoms with Crippen molar-refractivity contribution in [3.8, 4) is 0 Å². The maximum Gasteiger partial charge on any atom is 0.243 e. The highest BCUT2D eigenvalue weighted by Gasteiger charge is 2.25. The summed E-state index contributed by atoms with van der Waals surface area (Å²) in [6.45, 7) is 2.28. The molecule has 3 N–H and O–H groups in total. The van der Waals surface area contributed by atoms with E-state index in [1.807, 2.05) is 12.1 Å². The average molecular weight is 534 g/mol. The lowest BCUT2D eigenvalue weighted by Gasteiger charge is -2.26. The van der Waals surface area contributed by atoms with Crippen molar-refractivity contribution >= 4 is 51.3 Å². The molecule has 0 atom stereocenters. The fourth-order valence-electron chi connectivity index (χ4n) is 3.06. The molecular weight excluding hydrogens is 507 g/mol. The fraction of sp³-hybridized carbons (Fsp3) is 0.421. The standard InChI is InChI=1S/C19H26N4O2S2.HI/c20-19(21-10-9-17-7-5-13-26-17)22-15-16-6-4-8-18(14-16)27(24,25)23-11-2-1-3-12-23;/h4-8,13-14H,1-3,9-12,15H2,(H3,20,21,22);1H. The number of sulfonamides is 1. The monoisotopic (exact) mass is 534 g/mol. The van der Waals surface area contributed by atoms with Crippen LogP contribution in [0.2, 0.25) is 0 Å². The van der Waals surface area contributed by atoms with Gasteiger partial charge in [-0.05, 0) is 48.4 Å². The van der Waals surface area contributed by atoms with Crippen molar-refractivity contribution in [1.82, 2.24) is 9.62 Å². The van der Waals surface area contributed by atoms with Gasteiger partial charge in [0.2, 0.25) is 10.0 Å². The van der Waals surface area contributed by atoms with Crippen LogP contribution in [-0.4, -0.2) is 38.3 Å². The van der Waals surface area contributed by atoms with Crippen LogP contribution in [0.5, 0.6) is 0 Å². The number of nitrogens with two attached hydrogens (primary N) is 1. The van der Waals surface area contributed by atoms with E-state index in [0.29, 0.717) is 30.5 Å². The van der Waals surface area contributed by atoms with Crippen LogP contribution in [-0.2, 0) is 23.0 Å². The van der Waals surface area contributed by atoms with Crippen LogP contribution in [0.25, 0.3) is 0 Å². The summed E-state index contributed by atoms with van der Waals surface area (Å²) in [5.41, 5.74) is 6.75. The molecule has 0 unspecified atom stereocenters. The molecule has 0 saturated carbocycles. The molecule has 0 bridgehead atoms. The molecule has 3 rings (SSSR count). The molecule has 2 heterocycles. The Morgan fingerprint density at radius 1 is 1.18 bits per heavy atom.